The lowest BCUT2D eigenvalue weighted by atomic mass is 10.2. The number of fused-ring (bicyclic) bond motifs is 1. The quantitative estimate of drug-likeness (QED) is 0.577. The number of amides is 1. The number of rotatable bonds is 4. The fourth-order valence-corrected chi connectivity index (χ4v) is 3.55. The number of imidazole rings is 1. The van der Waals surface area contributed by atoms with Crippen molar-refractivity contribution in [3.8, 4) is 11.3 Å². The molecule has 0 unspecified atom stereocenters. The van der Waals surface area contributed by atoms with Crippen LogP contribution in [0.15, 0.2) is 49.1 Å². The molecule has 0 bridgehead atoms. The highest BCUT2D eigenvalue weighted by atomic mass is 16.2. The minimum absolute atomic E-state index is 0.271. The summed E-state index contributed by atoms with van der Waals surface area (Å²) in [5.41, 5.74) is 3.27. The molecule has 0 atom stereocenters. The summed E-state index contributed by atoms with van der Waals surface area (Å²) in [6, 6.07) is 7.40. The molecular formula is C20H20N8O. The summed E-state index contributed by atoms with van der Waals surface area (Å²) in [6.07, 6.45) is 9.21. The zero-order chi connectivity index (χ0) is 19.8. The molecule has 1 N–H and O–H groups in total. The minimum atomic E-state index is -0.271. The van der Waals surface area contributed by atoms with Crippen LogP contribution in [-0.4, -0.2) is 48.4 Å². The Labute approximate surface area is 167 Å². The Morgan fingerprint density at radius 1 is 1.10 bits per heavy atom. The van der Waals surface area contributed by atoms with Crippen molar-refractivity contribution in [3.05, 3.63) is 54.7 Å². The highest BCUT2D eigenvalue weighted by molar-refractivity contribution is 6.03. The maximum Gasteiger partial charge on any atom is 0.276 e. The van der Waals surface area contributed by atoms with Gasteiger partial charge in [0.2, 0.25) is 0 Å². The highest BCUT2D eigenvalue weighted by Crippen LogP contribution is 2.22. The lowest BCUT2D eigenvalue weighted by Gasteiger charge is -2.16. The molecule has 5 rings (SSSR count). The van der Waals surface area contributed by atoms with E-state index in [0.717, 1.165) is 30.2 Å². The van der Waals surface area contributed by atoms with E-state index in [9.17, 15) is 4.79 Å². The molecule has 29 heavy (non-hydrogen) atoms. The van der Waals surface area contributed by atoms with E-state index in [2.05, 4.69) is 30.4 Å². The summed E-state index contributed by atoms with van der Waals surface area (Å²) in [6.45, 7) is 2.00. The number of carbonyl (C=O) groups is 1. The van der Waals surface area contributed by atoms with E-state index >= 15 is 0 Å². The molecule has 9 nitrogen and oxygen atoms in total. The van der Waals surface area contributed by atoms with Crippen molar-refractivity contribution in [2.24, 2.45) is 7.05 Å². The fourth-order valence-electron chi connectivity index (χ4n) is 3.55. The molecule has 0 aromatic carbocycles. The molecule has 0 spiro atoms. The van der Waals surface area contributed by atoms with Gasteiger partial charge in [-0.1, -0.05) is 0 Å². The molecule has 1 saturated heterocycles. The van der Waals surface area contributed by atoms with Crippen LogP contribution in [0, 0.1) is 0 Å². The van der Waals surface area contributed by atoms with Gasteiger partial charge in [-0.05, 0) is 31.0 Å². The predicted molar refractivity (Wildman–Crippen MR) is 109 cm³/mol. The molecule has 1 fully saturated rings. The largest absolute Gasteiger partial charge is 0.357 e. The second-order valence-corrected chi connectivity index (χ2v) is 7.09. The average Bonchev–Trinajstić information content (AvgIpc) is 3.48. The molecular weight excluding hydrogens is 368 g/mol. The summed E-state index contributed by atoms with van der Waals surface area (Å²) < 4.78 is 3.27. The van der Waals surface area contributed by atoms with Crippen LogP contribution in [0.3, 0.4) is 0 Å². The maximum atomic E-state index is 12.9. The number of nitrogens with zero attached hydrogens (tertiary/aromatic N) is 7. The predicted octanol–water partition coefficient (Wildman–Crippen LogP) is 2.38. The maximum absolute atomic E-state index is 12.9. The normalized spacial score (nSPS) is 13.9. The standard InChI is InChI=1S/C20H20N8O/c1-26-13-14(11-23-26)16-4-5-18-22-12-17(28(18)25-16)20(29)24-15-6-7-21-19(10-15)27-8-2-3-9-27/h4-7,10-13H,2-3,8-9H2,1H3,(H,21,24,29). The molecule has 0 radical (unpaired) electrons. The molecule has 1 aliphatic rings. The number of hydrogen-bond donors (Lipinski definition) is 1. The van der Waals surface area contributed by atoms with Crippen molar-refractivity contribution in [1.82, 2.24) is 29.4 Å². The van der Waals surface area contributed by atoms with Crippen LogP contribution in [0.1, 0.15) is 23.3 Å². The van der Waals surface area contributed by atoms with Gasteiger partial charge in [-0.2, -0.15) is 10.2 Å². The second kappa shape index (κ2) is 7.01. The second-order valence-electron chi connectivity index (χ2n) is 7.09. The first-order chi connectivity index (χ1) is 14.2. The monoisotopic (exact) mass is 388 g/mol. The molecule has 0 saturated carbocycles. The summed E-state index contributed by atoms with van der Waals surface area (Å²) in [5.74, 6) is 0.613. The van der Waals surface area contributed by atoms with Crippen LogP contribution in [0.5, 0.6) is 0 Å². The van der Waals surface area contributed by atoms with Gasteiger partial charge in [-0.3, -0.25) is 9.48 Å². The van der Waals surface area contributed by atoms with Gasteiger partial charge in [-0.15, -0.1) is 0 Å². The third kappa shape index (κ3) is 3.31. The third-order valence-electron chi connectivity index (χ3n) is 5.03. The first-order valence-corrected chi connectivity index (χ1v) is 9.53. The number of aromatic nitrogens is 6. The summed E-state index contributed by atoms with van der Waals surface area (Å²) >= 11 is 0. The topological polar surface area (TPSA) is 93.2 Å². The summed E-state index contributed by atoms with van der Waals surface area (Å²) in [4.78, 5) is 23.9. The first kappa shape index (κ1) is 17.4. The average molecular weight is 388 g/mol. The zero-order valence-electron chi connectivity index (χ0n) is 16.0. The summed E-state index contributed by atoms with van der Waals surface area (Å²) in [7, 11) is 1.85. The lowest BCUT2D eigenvalue weighted by molar-refractivity contribution is 0.102. The number of hydrogen-bond acceptors (Lipinski definition) is 6. The van der Waals surface area contributed by atoms with Crippen molar-refractivity contribution >= 4 is 23.1 Å². The van der Waals surface area contributed by atoms with Gasteiger partial charge < -0.3 is 10.2 Å². The Morgan fingerprint density at radius 2 is 1.97 bits per heavy atom. The van der Waals surface area contributed by atoms with E-state index < -0.39 is 0 Å². The van der Waals surface area contributed by atoms with E-state index in [0.29, 0.717) is 17.0 Å². The number of carbonyl (C=O) groups excluding carboxylic acids is 1. The van der Waals surface area contributed by atoms with Gasteiger partial charge in [-0.25, -0.2) is 14.5 Å². The van der Waals surface area contributed by atoms with Crippen molar-refractivity contribution < 1.29 is 4.79 Å². The fraction of sp³-hybridized carbons (Fsp3) is 0.250. The van der Waals surface area contributed by atoms with Gasteiger partial charge in [0.1, 0.15) is 5.82 Å². The Kier molecular flexibility index (Phi) is 4.19. The Balaban J connectivity index is 1.43. The smallest absolute Gasteiger partial charge is 0.276 e. The zero-order valence-corrected chi connectivity index (χ0v) is 16.0. The lowest BCUT2D eigenvalue weighted by Crippen LogP contribution is -2.20. The van der Waals surface area contributed by atoms with Gasteiger partial charge in [0.05, 0.1) is 18.1 Å². The summed E-state index contributed by atoms with van der Waals surface area (Å²) in [5, 5.41) is 11.7. The van der Waals surface area contributed by atoms with Gasteiger partial charge in [0.25, 0.3) is 5.91 Å². The highest BCUT2D eigenvalue weighted by Gasteiger charge is 2.17. The minimum Gasteiger partial charge on any atom is -0.357 e. The van der Waals surface area contributed by atoms with Gasteiger partial charge >= 0.3 is 0 Å². The van der Waals surface area contributed by atoms with Crippen molar-refractivity contribution in [3.63, 3.8) is 0 Å². The number of aryl methyl sites for hydroxylation is 1. The van der Waals surface area contributed by atoms with E-state index in [-0.39, 0.29) is 5.91 Å². The Bertz CT molecular complexity index is 1190. The molecule has 1 aliphatic heterocycles. The van der Waals surface area contributed by atoms with Crippen LogP contribution < -0.4 is 10.2 Å². The van der Waals surface area contributed by atoms with Crippen LogP contribution in [-0.2, 0) is 7.05 Å². The SMILES string of the molecule is Cn1cc(-c2ccc3ncc(C(=O)Nc4ccnc(N5CCCC5)c4)n3n2)cn1. The van der Waals surface area contributed by atoms with Crippen LogP contribution in [0.25, 0.3) is 16.9 Å². The van der Waals surface area contributed by atoms with E-state index in [4.69, 9.17) is 0 Å². The number of nitrogens with one attached hydrogen (secondary N) is 1. The van der Waals surface area contributed by atoms with E-state index in [1.807, 2.05) is 31.4 Å². The molecule has 4 aromatic heterocycles. The van der Waals surface area contributed by atoms with Gasteiger partial charge in [0.15, 0.2) is 11.3 Å². The van der Waals surface area contributed by atoms with Crippen molar-refractivity contribution in [1.29, 1.82) is 0 Å². The Morgan fingerprint density at radius 3 is 2.76 bits per heavy atom. The van der Waals surface area contributed by atoms with Crippen molar-refractivity contribution in [2.75, 3.05) is 23.3 Å². The molecule has 4 aromatic rings. The molecule has 1 amide bonds. The Hall–Kier alpha value is -3.75. The number of pyridine rings is 1. The van der Waals surface area contributed by atoms with Crippen LogP contribution >= 0.6 is 0 Å². The molecule has 5 heterocycles. The first-order valence-electron chi connectivity index (χ1n) is 9.53. The van der Waals surface area contributed by atoms with Crippen LogP contribution in [0.2, 0.25) is 0 Å². The van der Waals surface area contributed by atoms with Crippen LogP contribution in [0.4, 0.5) is 11.5 Å². The van der Waals surface area contributed by atoms with Crippen molar-refractivity contribution in [2.45, 2.75) is 12.8 Å². The van der Waals surface area contributed by atoms with E-state index in [1.165, 1.54) is 19.0 Å². The molecule has 0 aliphatic carbocycles. The van der Waals surface area contributed by atoms with E-state index in [1.54, 1.807) is 27.7 Å². The molecule has 9 heteroatoms. The van der Waals surface area contributed by atoms with Gasteiger partial charge in [0, 0.05) is 49.8 Å². The third-order valence-corrected chi connectivity index (χ3v) is 5.03. The molecule has 146 valence electrons. The number of anilines is 2.